The SMILES string of the molecule is Cc1cc(C[C@@H](OC(=O)N2CCC3(CC2)CC(=O)Nc2ccccc23)C(=O)N2CCC(N3CCCN(C)CC3)CC2)cc(Cl)c1N. The van der Waals surface area contributed by atoms with Crippen molar-refractivity contribution in [2.24, 2.45) is 0 Å². The number of anilines is 2. The molecule has 6 rings (SSSR count). The minimum atomic E-state index is -0.980. The first-order valence-corrected chi connectivity index (χ1v) is 17.1. The number of hydrogen-bond donors (Lipinski definition) is 2. The van der Waals surface area contributed by atoms with Crippen LogP contribution in [0.25, 0.3) is 0 Å². The van der Waals surface area contributed by atoms with Gasteiger partial charge in [-0.1, -0.05) is 35.9 Å². The Balaban J connectivity index is 1.13. The predicted molar refractivity (Wildman–Crippen MR) is 180 cm³/mol. The summed E-state index contributed by atoms with van der Waals surface area (Å²) in [4.78, 5) is 48.8. The molecule has 10 nitrogen and oxygen atoms in total. The number of rotatable bonds is 5. The number of hydrogen-bond acceptors (Lipinski definition) is 7. The largest absolute Gasteiger partial charge is 0.436 e. The van der Waals surface area contributed by atoms with Crippen molar-refractivity contribution < 1.29 is 19.1 Å². The van der Waals surface area contributed by atoms with Crippen molar-refractivity contribution in [1.29, 1.82) is 0 Å². The van der Waals surface area contributed by atoms with E-state index in [9.17, 15) is 14.4 Å². The zero-order chi connectivity index (χ0) is 32.4. The zero-order valence-electron chi connectivity index (χ0n) is 27.1. The maximum absolute atomic E-state index is 14.1. The van der Waals surface area contributed by atoms with E-state index in [1.54, 1.807) is 11.0 Å². The summed E-state index contributed by atoms with van der Waals surface area (Å²) in [5.41, 5.74) is 9.89. The number of para-hydroxylation sites is 1. The Hall–Kier alpha value is -3.34. The topological polar surface area (TPSA) is 111 Å². The third kappa shape index (κ3) is 6.99. The Morgan fingerprint density at radius 1 is 1.02 bits per heavy atom. The van der Waals surface area contributed by atoms with Gasteiger partial charge in [0.25, 0.3) is 5.91 Å². The molecule has 0 radical (unpaired) electrons. The molecule has 46 heavy (non-hydrogen) atoms. The predicted octanol–water partition coefficient (Wildman–Crippen LogP) is 4.28. The van der Waals surface area contributed by atoms with Crippen molar-refractivity contribution in [3.63, 3.8) is 0 Å². The van der Waals surface area contributed by atoms with Gasteiger partial charge in [-0.15, -0.1) is 0 Å². The third-order valence-electron chi connectivity index (χ3n) is 10.6. The number of nitrogen functional groups attached to an aromatic ring is 1. The first kappa shape index (κ1) is 32.6. The molecule has 0 bridgehead atoms. The molecule has 0 aliphatic carbocycles. The van der Waals surface area contributed by atoms with Gasteiger partial charge in [0, 0.05) is 69.3 Å². The molecule has 3 fully saturated rings. The summed E-state index contributed by atoms with van der Waals surface area (Å²) in [7, 11) is 2.18. The number of aryl methyl sites for hydroxylation is 1. The Kier molecular flexibility index (Phi) is 9.77. The molecule has 11 heteroatoms. The summed E-state index contributed by atoms with van der Waals surface area (Å²) in [6.45, 7) is 8.39. The number of likely N-dealkylation sites (N-methyl/N-ethyl adjacent to an activating group) is 1. The zero-order valence-corrected chi connectivity index (χ0v) is 27.9. The highest BCUT2D eigenvalue weighted by Gasteiger charge is 2.44. The van der Waals surface area contributed by atoms with Gasteiger partial charge in [-0.25, -0.2) is 4.79 Å². The summed E-state index contributed by atoms with van der Waals surface area (Å²) >= 11 is 6.41. The molecule has 2 aromatic carbocycles. The molecule has 3 amide bonds. The average molecular weight is 651 g/mol. The molecular weight excluding hydrogens is 604 g/mol. The molecule has 4 aliphatic heterocycles. The van der Waals surface area contributed by atoms with Gasteiger partial charge in [0.2, 0.25) is 5.91 Å². The van der Waals surface area contributed by atoms with Crippen LogP contribution in [0.2, 0.25) is 5.02 Å². The van der Waals surface area contributed by atoms with E-state index in [2.05, 4.69) is 28.2 Å². The van der Waals surface area contributed by atoms with Crippen LogP contribution < -0.4 is 11.1 Å². The lowest BCUT2D eigenvalue weighted by molar-refractivity contribution is -0.142. The molecule has 4 aliphatic rings. The molecule has 4 heterocycles. The molecule has 3 N–H and O–H groups in total. The van der Waals surface area contributed by atoms with Crippen LogP contribution in [0.4, 0.5) is 16.2 Å². The Morgan fingerprint density at radius 2 is 1.76 bits per heavy atom. The van der Waals surface area contributed by atoms with Crippen LogP contribution in [0.3, 0.4) is 0 Å². The lowest BCUT2D eigenvalue weighted by Gasteiger charge is -2.44. The molecular formula is C35H47ClN6O4. The van der Waals surface area contributed by atoms with Gasteiger partial charge in [-0.2, -0.15) is 0 Å². The number of piperidine rings is 2. The number of carbonyl (C=O) groups is 3. The molecule has 3 saturated heterocycles. The summed E-state index contributed by atoms with van der Waals surface area (Å²) in [6.07, 6.45) is 3.42. The third-order valence-corrected chi connectivity index (χ3v) is 10.9. The van der Waals surface area contributed by atoms with E-state index in [1.165, 1.54) is 0 Å². The van der Waals surface area contributed by atoms with Crippen LogP contribution in [-0.4, -0.2) is 109 Å². The number of halogens is 1. The van der Waals surface area contributed by atoms with Crippen molar-refractivity contribution in [2.75, 3.05) is 70.5 Å². The fraction of sp³-hybridized carbons (Fsp3) is 0.571. The van der Waals surface area contributed by atoms with E-state index < -0.39 is 12.2 Å². The second-order valence-electron chi connectivity index (χ2n) is 13.7. The minimum Gasteiger partial charge on any atom is -0.436 e. The van der Waals surface area contributed by atoms with Gasteiger partial charge in [0.1, 0.15) is 0 Å². The van der Waals surface area contributed by atoms with Crippen LogP contribution >= 0.6 is 11.6 Å². The van der Waals surface area contributed by atoms with E-state index in [1.807, 2.05) is 36.1 Å². The van der Waals surface area contributed by atoms with Crippen molar-refractivity contribution in [2.45, 2.75) is 69.4 Å². The second-order valence-corrected chi connectivity index (χ2v) is 14.1. The van der Waals surface area contributed by atoms with E-state index in [0.29, 0.717) is 62.2 Å². The van der Waals surface area contributed by atoms with E-state index in [4.69, 9.17) is 22.1 Å². The highest BCUT2D eigenvalue weighted by molar-refractivity contribution is 6.33. The molecule has 0 unspecified atom stereocenters. The second kappa shape index (κ2) is 13.8. The highest BCUT2D eigenvalue weighted by atomic mass is 35.5. The van der Waals surface area contributed by atoms with Crippen molar-refractivity contribution in [3.05, 3.63) is 58.1 Å². The molecule has 0 aromatic heterocycles. The normalized spacial score (nSPS) is 21.8. The molecule has 0 saturated carbocycles. The molecule has 2 aromatic rings. The number of fused-ring (bicyclic) bond motifs is 2. The van der Waals surface area contributed by atoms with Crippen molar-refractivity contribution >= 4 is 40.9 Å². The van der Waals surface area contributed by atoms with Gasteiger partial charge in [0.05, 0.1) is 10.7 Å². The van der Waals surface area contributed by atoms with Crippen LogP contribution in [0.15, 0.2) is 36.4 Å². The average Bonchev–Trinajstić information content (AvgIpc) is 3.27. The summed E-state index contributed by atoms with van der Waals surface area (Å²) in [6, 6.07) is 12.1. The van der Waals surface area contributed by atoms with Crippen LogP contribution in [0.1, 0.15) is 55.2 Å². The monoisotopic (exact) mass is 650 g/mol. The summed E-state index contributed by atoms with van der Waals surface area (Å²) < 4.78 is 6.08. The number of ether oxygens (including phenoxy) is 1. The van der Waals surface area contributed by atoms with E-state index in [0.717, 1.165) is 67.8 Å². The number of benzene rings is 2. The van der Waals surface area contributed by atoms with Gasteiger partial charge >= 0.3 is 6.09 Å². The number of likely N-dealkylation sites (tertiary alicyclic amines) is 2. The molecule has 1 atom stereocenters. The van der Waals surface area contributed by atoms with Crippen molar-refractivity contribution in [1.82, 2.24) is 19.6 Å². The minimum absolute atomic E-state index is 0.00443. The summed E-state index contributed by atoms with van der Waals surface area (Å²) in [5.74, 6) is -0.163. The maximum atomic E-state index is 14.1. The van der Waals surface area contributed by atoms with E-state index in [-0.39, 0.29) is 23.7 Å². The molecule has 248 valence electrons. The Morgan fingerprint density at radius 3 is 2.50 bits per heavy atom. The number of nitrogens with one attached hydrogen (secondary N) is 1. The van der Waals surface area contributed by atoms with Crippen LogP contribution in [-0.2, 0) is 26.2 Å². The fourth-order valence-electron chi connectivity index (χ4n) is 7.84. The summed E-state index contributed by atoms with van der Waals surface area (Å²) in [5, 5.41) is 3.41. The number of nitrogens with two attached hydrogens (primary N) is 1. The smallest absolute Gasteiger partial charge is 0.410 e. The van der Waals surface area contributed by atoms with Gasteiger partial charge in [0.15, 0.2) is 6.10 Å². The van der Waals surface area contributed by atoms with E-state index >= 15 is 0 Å². The maximum Gasteiger partial charge on any atom is 0.410 e. The van der Waals surface area contributed by atoms with Crippen LogP contribution in [0, 0.1) is 6.92 Å². The first-order chi connectivity index (χ1) is 22.1. The number of amides is 3. The number of nitrogens with zero attached hydrogens (tertiary/aromatic N) is 4. The first-order valence-electron chi connectivity index (χ1n) is 16.7. The van der Waals surface area contributed by atoms with Crippen molar-refractivity contribution in [3.8, 4) is 0 Å². The quantitative estimate of drug-likeness (QED) is 0.465. The lowest BCUT2D eigenvalue weighted by Crippen LogP contribution is -2.52. The Labute approximate surface area is 277 Å². The van der Waals surface area contributed by atoms with Gasteiger partial charge in [-0.3, -0.25) is 14.5 Å². The van der Waals surface area contributed by atoms with Gasteiger partial charge in [-0.05, 0) is 88.0 Å². The number of carbonyl (C=O) groups excluding carboxylic acids is 3. The highest BCUT2D eigenvalue weighted by Crippen LogP contribution is 2.45. The standard InChI is InChI=1S/C35H47ClN6O4/c1-24-20-25(21-28(36)32(24)37)22-30(33(44)41-14-8-26(9-15-41)40-13-5-12-39(2)18-19-40)46-34(45)42-16-10-35(11-17-42)23-31(43)38-29-7-4-3-6-27(29)35/h3-4,6-7,20-21,26,30H,5,8-19,22-23,37H2,1-2H3,(H,38,43)/t30-/m1/s1. The van der Waals surface area contributed by atoms with Gasteiger partial charge < -0.3 is 30.5 Å². The Bertz CT molecular complexity index is 1430. The lowest BCUT2D eigenvalue weighted by atomic mass is 9.68. The van der Waals surface area contributed by atoms with Crippen LogP contribution in [0.5, 0.6) is 0 Å². The molecule has 1 spiro atoms. The fourth-order valence-corrected chi connectivity index (χ4v) is 8.12.